The van der Waals surface area contributed by atoms with Crippen LogP contribution in [0.5, 0.6) is 0 Å². The van der Waals surface area contributed by atoms with Crippen LogP contribution in [0.1, 0.15) is 24.4 Å². The highest BCUT2D eigenvalue weighted by molar-refractivity contribution is 6.41. The Kier molecular flexibility index (Phi) is 3.21. The molecule has 1 aromatic rings. The van der Waals surface area contributed by atoms with Gasteiger partial charge in [-0.2, -0.15) is 0 Å². The van der Waals surface area contributed by atoms with Crippen molar-refractivity contribution in [2.45, 2.75) is 18.9 Å². The summed E-state index contributed by atoms with van der Waals surface area (Å²) in [5, 5.41) is 5.99. The van der Waals surface area contributed by atoms with Crippen molar-refractivity contribution < 1.29 is 9.59 Å². The zero-order valence-electron chi connectivity index (χ0n) is 10.7. The first-order valence-electron chi connectivity index (χ1n) is 6.69. The second-order valence-electron chi connectivity index (χ2n) is 4.95. The van der Waals surface area contributed by atoms with Crippen molar-refractivity contribution in [3.05, 3.63) is 29.8 Å². The Balaban J connectivity index is 1.78. The molecule has 2 heterocycles. The highest BCUT2D eigenvalue weighted by Gasteiger charge is 2.27. The van der Waals surface area contributed by atoms with Gasteiger partial charge in [0, 0.05) is 24.8 Å². The zero-order valence-corrected chi connectivity index (χ0v) is 10.7. The molecule has 1 aromatic carbocycles. The van der Waals surface area contributed by atoms with E-state index in [4.69, 9.17) is 0 Å². The normalized spacial score (nSPS) is 23.6. The summed E-state index contributed by atoms with van der Waals surface area (Å²) >= 11 is 0. The summed E-state index contributed by atoms with van der Waals surface area (Å²) in [6, 6.07) is 8.35. The van der Waals surface area contributed by atoms with E-state index < -0.39 is 11.8 Å². The first kappa shape index (κ1) is 12.2. The molecule has 5 nitrogen and oxygen atoms in total. The van der Waals surface area contributed by atoms with Crippen LogP contribution in [-0.2, 0) is 9.59 Å². The van der Waals surface area contributed by atoms with Crippen molar-refractivity contribution in [2.24, 2.45) is 0 Å². The fraction of sp³-hybridized carbons (Fsp3) is 0.429. The monoisotopic (exact) mass is 259 g/mol. The molecule has 2 saturated heterocycles. The van der Waals surface area contributed by atoms with E-state index in [1.165, 1.54) is 16.9 Å². The lowest BCUT2D eigenvalue weighted by Crippen LogP contribution is -2.52. The fourth-order valence-electron chi connectivity index (χ4n) is 2.68. The SMILES string of the molecule is O=C1NCCN(c2ccc(C3CCCN3)cc2)C1=O. The molecule has 0 bridgehead atoms. The molecular formula is C14H17N3O2. The Morgan fingerprint density at radius 3 is 2.58 bits per heavy atom. The van der Waals surface area contributed by atoms with Crippen LogP contribution in [-0.4, -0.2) is 31.4 Å². The first-order chi connectivity index (χ1) is 9.25. The highest BCUT2D eigenvalue weighted by atomic mass is 16.2. The standard InChI is InChI=1S/C14H17N3O2/c18-13-14(19)17(9-8-16-13)11-5-3-10(4-6-11)12-2-1-7-15-12/h3-6,12,15H,1-2,7-9H2,(H,16,18). The number of hydrogen-bond donors (Lipinski definition) is 2. The van der Waals surface area contributed by atoms with Gasteiger partial charge in [0.15, 0.2) is 0 Å². The van der Waals surface area contributed by atoms with E-state index in [1.54, 1.807) is 0 Å². The van der Waals surface area contributed by atoms with Crippen molar-refractivity contribution in [1.82, 2.24) is 10.6 Å². The molecule has 0 radical (unpaired) electrons. The van der Waals surface area contributed by atoms with Gasteiger partial charge >= 0.3 is 11.8 Å². The maximum atomic E-state index is 11.8. The van der Waals surface area contributed by atoms with Crippen molar-refractivity contribution >= 4 is 17.5 Å². The van der Waals surface area contributed by atoms with E-state index in [0.29, 0.717) is 19.1 Å². The van der Waals surface area contributed by atoms with Gasteiger partial charge in [-0.1, -0.05) is 12.1 Å². The van der Waals surface area contributed by atoms with E-state index in [2.05, 4.69) is 10.6 Å². The van der Waals surface area contributed by atoms with Crippen molar-refractivity contribution in [1.29, 1.82) is 0 Å². The minimum atomic E-state index is -0.521. The molecule has 0 aliphatic carbocycles. The molecule has 0 spiro atoms. The van der Waals surface area contributed by atoms with E-state index in [0.717, 1.165) is 18.7 Å². The number of nitrogens with one attached hydrogen (secondary N) is 2. The lowest BCUT2D eigenvalue weighted by Gasteiger charge is -2.26. The smallest absolute Gasteiger partial charge is 0.316 e. The Morgan fingerprint density at radius 1 is 1.11 bits per heavy atom. The predicted octanol–water partition coefficient (Wildman–Crippen LogP) is 0.574. The van der Waals surface area contributed by atoms with E-state index in [1.807, 2.05) is 24.3 Å². The Labute approximate surface area is 112 Å². The molecule has 0 aromatic heterocycles. The molecule has 0 saturated carbocycles. The van der Waals surface area contributed by atoms with E-state index in [-0.39, 0.29) is 0 Å². The molecule has 2 amide bonds. The number of rotatable bonds is 2. The van der Waals surface area contributed by atoms with Gasteiger partial charge in [0.05, 0.1) is 0 Å². The van der Waals surface area contributed by atoms with Crippen molar-refractivity contribution in [3.63, 3.8) is 0 Å². The molecule has 19 heavy (non-hydrogen) atoms. The number of carbonyl (C=O) groups is 2. The average Bonchev–Trinajstić information content (AvgIpc) is 2.96. The third-order valence-electron chi connectivity index (χ3n) is 3.73. The van der Waals surface area contributed by atoms with Crippen LogP contribution < -0.4 is 15.5 Å². The maximum Gasteiger partial charge on any atom is 0.316 e. The van der Waals surface area contributed by atoms with Crippen LogP contribution >= 0.6 is 0 Å². The summed E-state index contributed by atoms with van der Waals surface area (Å²) < 4.78 is 0. The Morgan fingerprint density at radius 2 is 1.89 bits per heavy atom. The van der Waals surface area contributed by atoms with Gasteiger partial charge in [0.25, 0.3) is 0 Å². The topological polar surface area (TPSA) is 61.4 Å². The molecule has 1 atom stereocenters. The number of anilines is 1. The lowest BCUT2D eigenvalue weighted by atomic mass is 10.0. The average molecular weight is 259 g/mol. The fourth-order valence-corrected chi connectivity index (χ4v) is 2.68. The van der Waals surface area contributed by atoms with Crippen LogP contribution in [0.3, 0.4) is 0 Å². The van der Waals surface area contributed by atoms with Crippen LogP contribution in [0.15, 0.2) is 24.3 Å². The summed E-state index contributed by atoms with van der Waals surface area (Å²) in [7, 11) is 0. The third-order valence-corrected chi connectivity index (χ3v) is 3.73. The highest BCUT2D eigenvalue weighted by Crippen LogP contribution is 2.25. The second kappa shape index (κ2) is 5.01. The molecule has 3 rings (SSSR count). The van der Waals surface area contributed by atoms with Gasteiger partial charge in [0.2, 0.25) is 0 Å². The van der Waals surface area contributed by atoms with Gasteiger partial charge in [-0.05, 0) is 37.1 Å². The molecule has 1 unspecified atom stereocenters. The molecule has 5 heteroatoms. The number of hydrogen-bond acceptors (Lipinski definition) is 3. The summed E-state index contributed by atoms with van der Waals surface area (Å²) in [6.45, 7) is 2.11. The molecule has 2 fully saturated rings. The summed E-state index contributed by atoms with van der Waals surface area (Å²) in [5.74, 6) is -0.995. The minimum absolute atomic E-state index is 0.425. The van der Waals surface area contributed by atoms with Gasteiger partial charge in [-0.3, -0.25) is 9.59 Å². The molecule has 2 N–H and O–H groups in total. The first-order valence-corrected chi connectivity index (χ1v) is 6.69. The Bertz CT molecular complexity index is 492. The third kappa shape index (κ3) is 2.33. The number of benzene rings is 1. The number of nitrogens with zero attached hydrogens (tertiary/aromatic N) is 1. The summed E-state index contributed by atoms with van der Waals surface area (Å²) in [6.07, 6.45) is 2.36. The van der Waals surface area contributed by atoms with Gasteiger partial charge in [0.1, 0.15) is 0 Å². The van der Waals surface area contributed by atoms with Gasteiger partial charge < -0.3 is 15.5 Å². The van der Waals surface area contributed by atoms with Crippen molar-refractivity contribution in [2.75, 3.05) is 24.5 Å². The van der Waals surface area contributed by atoms with E-state index >= 15 is 0 Å². The minimum Gasteiger partial charge on any atom is -0.346 e. The zero-order chi connectivity index (χ0) is 13.2. The lowest BCUT2D eigenvalue weighted by molar-refractivity contribution is -0.138. The van der Waals surface area contributed by atoms with Gasteiger partial charge in [-0.15, -0.1) is 0 Å². The quantitative estimate of drug-likeness (QED) is 0.764. The van der Waals surface area contributed by atoms with Crippen LogP contribution in [0, 0.1) is 0 Å². The summed E-state index contributed by atoms with van der Waals surface area (Å²) in [5.41, 5.74) is 2.04. The molecule has 2 aliphatic heterocycles. The maximum absolute atomic E-state index is 11.8. The summed E-state index contributed by atoms with van der Waals surface area (Å²) in [4.78, 5) is 24.6. The predicted molar refractivity (Wildman–Crippen MR) is 71.8 cm³/mol. The largest absolute Gasteiger partial charge is 0.346 e. The van der Waals surface area contributed by atoms with Crippen LogP contribution in [0.25, 0.3) is 0 Å². The molecule has 100 valence electrons. The van der Waals surface area contributed by atoms with Crippen LogP contribution in [0.2, 0.25) is 0 Å². The Hall–Kier alpha value is -1.88. The van der Waals surface area contributed by atoms with Gasteiger partial charge in [-0.25, -0.2) is 0 Å². The molecule has 2 aliphatic rings. The van der Waals surface area contributed by atoms with Crippen molar-refractivity contribution in [3.8, 4) is 0 Å². The number of piperazine rings is 1. The number of amides is 2. The number of carbonyl (C=O) groups excluding carboxylic acids is 2. The van der Waals surface area contributed by atoms with Crippen LogP contribution in [0.4, 0.5) is 5.69 Å². The second-order valence-corrected chi connectivity index (χ2v) is 4.95. The molecular weight excluding hydrogens is 242 g/mol. The van der Waals surface area contributed by atoms with E-state index in [9.17, 15) is 9.59 Å².